The molecule has 0 spiro atoms. The van der Waals surface area contributed by atoms with Gasteiger partial charge in [0.25, 0.3) is 0 Å². The molecule has 0 aliphatic heterocycles. The Bertz CT molecular complexity index is 469. The summed E-state index contributed by atoms with van der Waals surface area (Å²) in [6, 6.07) is 4.53. The van der Waals surface area contributed by atoms with E-state index in [2.05, 4.69) is 29.4 Å². The molecule has 0 unspecified atom stereocenters. The van der Waals surface area contributed by atoms with Gasteiger partial charge in [-0.3, -0.25) is 9.36 Å². The lowest BCUT2D eigenvalue weighted by molar-refractivity contribution is 0.567. The smallest absolute Gasteiger partial charge is 0.0849 e. The van der Waals surface area contributed by atoms with E-state index in [1.807, 2.05) is 36.3 Å². The molecule has 2 aromatic rings. The van der Waals surface area contributed by atoms with Crippen LogP contribution in [0.1, 0.15) is 25.2 Å². The van der Waals surface area contributed by atoms with Gasteiger partial charge < -0.3 is 5.32 Å². The monoisotopic (exact) mass is 233 g/mol. The number of hydrogen-bond donors (Lipinski definition) is 1. The van der Waals surface area contributed by atoms with Crippen molar-refractivity contribution in [2.75, 3.05) is 0 Å². The molecule has 17 heavy (non-hydrogen) atoms. The molecular formula is C12H19N5. The molecule has 1 N–H and O–H groups in total. The van der Waals surface area contributed by atoms with Crippen LogP contribution in [0.2, 0.25) is 0 Å². The zero-order valence-corrected chi connectivity index (χ0v) is 10.6. The average molecular weight is 233 g/mol. The lowest BCUT2D eigenvalue weighted by Gasteiger charge is -2.05. The van der Waals surface area contributed by atoms with Gasteiger partial charge in [-0.2, -0.15) is 10.2 Å². The van der Waals surface area contributed by atoms with Crippen molar-refractivity contribution >= 4 is 0 Å². The summed E-state index contributed by atoms with van der Waals surface area (Å²) < 4.78 is 3.72. The van der Waals surface area contributed by atoms with Crippen LogP contribution in [0.5, 0.6) is 0 Å². The van der Waals surface area contributed by atoms with Gasteiger partial charge in [0.15, 0.2) is 0 Å². The van der Waals surface area contributed by atoms with Crippen LogP contribution in [0, 0.1) is 0 Å². The largest absolute Gasteiger partial charge is 0.309 e. The van der Waals surface area contributed by atoms with E-state index in [0.717, 1.165) is 24.5 Å². The maximum atomic E-state index is 4.49. The van der Waals surface area contributed by atoms with Crippen molar-refractivity contribution in [1.82, 2.24) is 24.9 Å². The highest BCUT2D eigenvalue weighted by atomic mass is 15.3. The van der Waals surface area contributed by atoms with Gasteiger partial charge in [-0.1, -0.05) is 13.8 Å². The molecule has 2 rings (SSSR count). The molecule has 2 heterocycles. The molecule has 2 aromatic heterocycles. The van der Waals surface area contributed by atoms with Crippen molar-refractivity contribution in [3.8, 4) is 0 Å². The highest BCUT2D eigenvalue weighted by molar-refractivity contribution is 5.03. The minimum absolute atomic E-state index is 0.482. The lowest BCUT2D eigenvalue weighted by atomic mass is 10.3. The van der Waals surface area contributed by atoms with Gasteiger partial charge in [-0.05, 0) is 12.1 Å². The summed E-state index contributed by atoms with van der Waals surface area (Å²) in [5.41, 5.74) is 2.09. The Balaban J connectivity index is 1.94. The van der Waals surface area contributed by atoms with Gasteiger partial charge in [-0.25, -0.2) is 0 Å². The highest BCUT2D eigenvalue weighted by Gasteiger charge is 2.02. The topological polar surface area (TPSA) is 47.7 Å². The Morgan fingerprint density at radius 1 is 1.18 bits per heavy atom. The zero-order valence-electron chi connectivity index (χ0n) is 10.6. The van der Waals surface area contributed by atoms with E-state index < -0.39 is 0 Å². The van der Waals surface area contributed by atoms with E-state index in [1.165, 1.54) is 0 Å². The molecule has 0 saturated carbocycles. The van der Waals surface area contributed by atoms with E-state index in [0.29, 0.717) is 6.04 Å². The maximum Gasteiger partial charge on any atom is 0.0849 e. The predicted octanol–water partition coefficient (Wildman–Crippen LogP) is 1.16. The summed E-state index contributed by atoms with van der Waals surface area (Å²) in [6.45, 7) is 5.80. The fourth-order valence-corrected chi connectivity index (χ4v) is 1.61. The third-order valence-corrected chi connectivity index (χ3v) is 2.48. The Morgan fingerprint density at radius 3 is 2.59 bits per heavy atom. The van der Waals surface area contributed by atoms with E-state index in [9.17, 15) is 0 Å². The first-order chi connectivity index (χ1) is 8.13. The summed E-state index contributed by atoms with van der Waals surface area (Å²) in [6.07, 6.45) is 3.94. The molecule has 0 aromatic carbocycles. The first-order valence-corrected chi connectivity index (χ1v) is 5.88. The number of rotatable bonds is 5. The van der Waals surface area contributed by atoms with Crippen molar-refractivity contribution < 1.29 is 0 Å². The van der Waals surface area contributed by atoms with Gasteiger partial charge in [0.1, 0.15) is 0 Å². The minimum atomic E-state index is 0.482. The third-order valence-electron chi connectivity index (χ3n) is 2.48. The molecule has 0 amide bonds. The predicted molar refractivity (Wildman–Crippen MR) is 66.5 cm³/mol. The van der Waals surface area contributed by atoms with Gasteiger partial charge in [0.05, 0.1) is 17.9 Å². The molecule has 0 saturated heterocycles. The van der Waals surface area contributed by atoms with Crippen LogP contribution in [-0.4, -0.2) is 25.6 Å². The second kappa shape index (κ2) is 5.14. The van der Waals surface area contributed by atoms with Crippen LogP contribution < -0.4 is 5.32 Å². The fraction of sp³-hybridized carbons (Fsp3) is 0.500. The van der Waals surface area contributed by atoms with E-state index in [1.54, 1.807) is 4.68 Å². The zero-order chi connectivity index (χ0) is 12.3. The summed E-state index contributed by atoms with van der Waals surface area (Å²) in [5.74, 6) is 0. The number of nitrogens with zero attached hydrogens (tertiary/aromatic N) is 4. The Kier molecular flexibility index (Phi) is 3.58. The summed E-state index contributed by atoms with van der Waals surface area (Å²) in [5, 5.41) is 12.2. The van der Waals surface area contributed by atoms with E-state index in [-0.39, 0.29) is 0 Å². The average Bonchev–Trinajstić information content (AvgIpc) is 2.86. The second-order valence-electron chi connectivity index (χ2n) is 4.52. The highest BCUT2D eigenvalue weighted by Crippen LogP contribution is 2.01. The maximum absolute atomic E-state index is 4.49. The Hall–Kier alpha value is -1.62. The fourth-order valence-electron chi connectivity index (χ4n) is 1.61. The Labute approximate surface area is 101 Å². The number of aromatic nitrogens is 4. The molecule has 5 heteroatoms. The van der Waals surface area contributed by atoms with Crippen LogP contribution in [0.15, 0.2) is 24.5 Å². The number of aryl methyl sites for hydroxylation is 1. The van der Waals surface area contributed by atoms with Crippen LogP contribution in [0.3, 0.4) is 0 Å². The minimum Gasteiger partial charge on any atom is -0.309 e. The lowest BCUT2D eigenvalue weighted by Crippen LogP contribution is -2.22. The van der Waals surface area contributed by atoms with Crippen LogP contribution in [0.4, 0.5) is 0 Å². The van der Waals surface area contributed by atoms with Crippen LogP contribution >= 0.6 is 0 Å². The van der Waals surface area contributed by atoms with Crippen LogP contribution in [-0.2, 0) is 20.1 Å². The van der Waals surface area contributed by atoms with Gasteiger partial charge in [-0.15, -0.1) is 0 Å². The quantitative estimate of drug-likeness (QED) is 0.843. The standard InChI is InChI=1S/C12H19N5/c1-10(2)13-8-11-5-7-17(15-11)9-12-4-6-16(3)14-12/h4-7,10,13H,8-9H2,1-3H3. The summed E-state index contributed by atoms with van der Waals surface area (Å²) in [4.78, 5) is 0. The first kappa shape index (κ1) is 11.9. The number of hydrogen-bond acceptors (Lipinski definition) is 3. The van der Waals surface area contributed by atoms with Crippen molar-refractivity contribution in [2.24, 2.45) is 7.05 Å². The molecule has 0 bridgehead atoms. The molecule has 0 fully saturated rings. The first-order valence-electron chi connectivity index (χ1n) is 5.88. The molecule has 0 aliphatic rings. The van der Waals surface area contributed by atoms with Crippen molar-refractivity contribution in [1.29, 1.82) is 0 Å². The molecule has 92 valence electrons. The van der Waals surface area contributed by atoms with Gasteiger partial charge in [0.2, 0.25) is 0 Å². The molecular weight excluding hydrogens is 214 g/mol. The number of nitrogens with one attached hydrogen (secondary N) is 1. The van der Waals surface area contributed by atoms with Crippen LogP contribution in [0.25, 0.3) is 0 Å². The normalized spacial score (nSPS) is 11.3. The summed E-state index contributed by atoms with van der Waals surface area (Å²) >= 11 is 0. The second-order valence-corrected chi connectivity index (χ2v) is 4.52. The molecule has 0 aliphatic carbocycles. The Morgan fingerprint density at radius 2 is 1.94 bits per heavy atom. The van der Waals surface area contributed by atoms with Gasteiger partial charge in [0, 0.05) is 32.0 Å². The SMILES string of the molecule is CC(C)NCc1ccn(Cc2ccn(C)n2)n1. The van der Waals surface area contributed by atoms with Gasteiger partial charge >= 0.3 is 0 Å². The van der Waals surface area contributed by atoms with Crippen molar-refractivity contribution in [2.45, 2.75) is 33.0 Å². The summed E-state index contributed by atoms with van der Waals surface area (Å²) in [7, 11) is 1.92. The third kappa shape index (κ3) is 3.42. The van der Waals surface area contributed by atoms with Crippen molar-refractivity contribution in [3.63, 3.8) is 0 Å². The van der Waals surface area contributed by atoms with Crippen molar-refractivity contribution in [3.05, 3.63) is 35.9 Å². The van der Waals surface area contributed by atoms with E-state index in [4.69, 9.17) is 0 Å². The van der Waals surface area contributed by atoms with E-state index >= 15 is 0 Å². The molecule has 5 nitrogen and oxygen atoms in total. The molecule has 0 atom stereocenters. The molecule has 0 radical (unpaired) electrons.